The molecule has 1 aromatic heterocycles. The lowest BCUT2D eigenvalue weighted by Gasteiger charge is -2.20. The number of nitrogens with zero attached hydrogens (tertiary/aromatic N) is 3. The van der Waals surface area contributed by atoms with Crippen molar-refractivity contribution in [2.45, 2.75) is 46.0 Å². The Labute approximate surface area is 125 Å². The van der Waals surface area contributed by atoms with Crippen molar-refractivity contribution in [3.05, 3.63) is 22.7 Å². The molecule has 1 aromatic rings. The molecule has 0 N–H and O–H groups in total. The molecule has 0 bridgehead atoms. The van der Waals surface area contributed by atoms with E-state index in [9.17, 15) is 4.79 Å². The molecule has 1 saturated heterocycles. The third-order valence-corrected chi connectivity index (χ3v) is 4.18. The molecular formula is C15H22ClN3O. The van der Waals surface area contributed by atoms with Gasteiger partial charge in [-0.3, -0.25) is 4.79 Å². The van der Waals surface area contributed by atoms with Gasteiger partial charge in [0.05, 0.1) is 11.2 Å². The summed E-state index contributed by atoms with van der Waals surface area (Å²) in [6.07, 6.45) is 7.35. The Balaban J connectivity index is 2.07. The molecule has 4 nitrogen and oxygen atoms in total. The summed E-state index contributed by atoms with van der Waals surface area (Å²) in [6, 6.07) is 0. The highest BCUT2D eigenvalue weighted by Crippen LogP contribution is 2.23. The number of aryl methyl sites for hydroxylation is 1. The van der Waals surface area contributed by atoms with Gasteiger partial charge >= 0.3 is 0 Å². The van der Waals surface area contributed by atoms with Gasteiger partial charge in [-0.15, -0.1) is 0 Å². The standard InChI is InChI=1S/C15H22ClN3O/c1-3-5-12-6-4-8-19(9-7-12)15(20)14-13(16)10-17-11(2)18-14/h10,12H,3-9H2,1-2H3/t12-/m0/s1. The van der Waals surface area contributed by atoms with E-state index >= 15 is 0 Å². The number of hydrogen-bond donors (Lipinski definition) is 0. The lowest BCUT2D eigenvalue weighted by Crippen LogP contribution is -2.33. The zero-order valence-corrected chi connectivity index (χ0v) is 13.0. The van der Waals surface area contributed by atoms with Crippen molar-refractivity contribution in [2.24, 2.45) is 5.92 Å². The fourth-order valence-corrected chi connectivity index (χ4v) is 2.99. The smallest absolute Gasteiger partial charge is 0.274 e. The van der Waals surface area contributed by atoms with Gasteiger partial charge in [-0.25, -0.2) is 9.97 Å². The van der Waals surface area contributed by atoms with Crippen LogP contribution >= 0.6 is 11.6 Å². The third kappa shape index (κ3) is 3.69. The zero-order valence-electron chi connectivity index (χ0n) is 12.2. The first-order valence-corrected chi connectivity index (χ1v) is 7.78. The molecule has 1 atom stereocenters. The van der Waals surface area contributed by atoms with Crippen LogP contribution in [0.5, 0.6) is 0 Å². The number of likely N-dealkylation sites (tertiary alicyclic amines) is 1. The fraction of sp³-hybridized carbons (Fsp3) is 0.667. The highest BCUT2D eigenvalue weighted by molar-refractivity contribution is 6.33. The first kappa shape index (κ1) is 15.2. The lowest BCUT2D eigenvalue weighted by molar-refractivity contribution is 0.0753. The number of hydrogen-bond acceptors (Lipinski definition) is 3. The van der Waals surface area contributed by atoms with Crippen molar-refractivity contribution in [3.8, 4) is 0 Å². The monoisotopic (exact) mass is 295 g/mol. The Morgan fingerprint density at radius 2 is 2.25 bits per heavy atom. The second-order valence-electron chi connectivity index (χ2n) is 5.49. The van der Waals surface area contributed by atoms with Crippen LogP contribution in [-0.4, -0.2) is 33.9 Å². The van der Waals surface area contributed by atoms with E-state index in [-0.39, 0.29) is 5.91 Å². The summed E-state index contributed by atoms with van der Waals surface area (Å²) in [4.78, 5) is 22.6. The molecule has 0 unspecified atom stereocenters. The first-order valence-electron chi connectivity index (χ1n) is 7.40. The predicted octanol–water partition coefficient (Wildman–Crippen LogP) is 3.48. The van der Waals surface area contributed by atoms with Crippen LogP contribution in [0.15, 0.2) is 6.20 Å². The molecule has 1 amide bonds. The highest BCUT2D eigenvalue weighted by atomic mass is 35.5. The molecular weight excluding hydrogens is 274 g/mol. The van der Waals surface area contributed by atoms with Crippen LogP contribution in [0.4, 0.5) is 0 Å². The predicted molar refractivity (Wildman–Crippen MR) is 79.9 cm³/mol. The quantitative estimate of drug-likeness (QED) is 0.857. The average Bonchev–Trinajstić information content (AvgIpc) is 2.67. The molecule has 0 aliphatic carbocycles. The van der Waals surface area contributed by atoms with Crippen LogP contribution < -0.4 is 0 Å². The van der Waals surface area contributed by atoms with Crippen molar-refractivity contribution in [1.29, 1.82) is 0 Å². The first-order chi connectivity index (χ1) is 9.61. The number of rotatable bonds is 3. The van der Waals surface area contributed by atoms with Crippen molar-refractivity contribution in [3.63, 3.8) is 0 Å². The van der Waals surface area contributed by atoms with E-state index in [1.165, 1.54) is 25.5 Å². The summed E-state index contributed by atoms with van der Waals surface area (Å²) < 4.78 is 0. The maximum absolute atomic E-state index is 12.5. The molecule has 0 radical (unpaired) electrons. The van der Waals surface area contributed by atoms with Crippen LogP contribution in [-0.2, 0) is 0 Å². The van der Waals surface area contributed by atoms with Crippen molar-refractivity contribution in [2.75, 3.05) is 13.1 Å². The van der Waals surface area contributed by atoms with Crippen molar-refractivity contribution in [1.82, 2.24) is 14.9 Å². The van der Waals surface area contributed by atoms with Gasteiger partial charge in [-0.2, -0.15) is 0 Å². The maximum Gasteiger partial charge on any atom is 0.274 e. The largest absolute Gasteiger partial charge is 0.337 e. The summed E-state index contributed by atoms with van der Waals surface area (Å²) in [5, 5.41) is 0.343. The number of amides is 1. The minimum atomic E-state index is -0.0577. The van der Waals surface area contributed by atoms with Gasteiger partial charge in [-0.1, -0.05) is 31.4 Å². The van der Waals surface area contributed by atoms with Crippen LogP contribution in [0.1, 0.15) is 55.3 Å². The van der Waals surface area contributed by atoms with Crippen LogP contribution in [0.25, 0.3) is 0 Å². The molecule has 2 rings (SSSR count). The van der Waals surface area contributed by atoms with Gasteiger partial charge in [0.2, 0.25) is 0 Å². The summed E-state index contributed by atoms with van der Waals surface area (Å²) in [7, 11) is 0. The van der Waals surface area contributed by atoms with Crippen molar-refractivity contribution >= 4 is 17.5 Å². The Kier molecular flexibility index (Phi) is 5.35. The van der Waals surface area contributed by atoms with E-state index in [4.69, 9.17) is 11.6 Å². The topological polar surface area (TPSA) is 46.1 Å². The minimum Gasteiger partial charge on any atom is -0.337 e. The Morgan fingerprint density at radius 3 is 3.00 bits per heavy atom. The minimum absolute atomic E-state index is 0.0577. The number of carbonyl (C=O) groups excluding carboxylic acids is 1. The summed E-state index contributed by atoms with van der Waals surface area (Å²) in [6.45, 7) is 5.60. The van der Waals surface area contributed by atoms with E-state index < -0.39 is 0 Å². The highest BCUT2D eigenvalue weighted by Gasteiger charge is 2.24. The van der Waals surface area contributed by atoms with E-state index in [2.05, 4.69) is 16.9 Å². The third-order valence-electron chi connectivity index (χ3n) is 3.90. The van der Waals surface area contributed by atoms with Gasteiger partial charge in [0.15, 0.2) is 5.69 Å². The zero-order chi connectivity index (χ0) is 14.5. The van der Waals surface area contributed by atoms with Gasteiger partial charge in [-0.05, 0) is 32.1 Å². The summed E-state index contributed by atoms with van der Waals surface area (Å²) in [5.74, 6) is 1.27. The van der Waals surface area contributed by atoms with E-state index in [0.717, 1.165) is 31.8 Å². The Bertz CT molecular complexity index is 478. The fourth-order valence-electron chi connectivity index (χ4n) is 2.82. The number of carbonyl (C=O) groups is 1. The Morgan fingerprint density at radius 1 is 1.45 bits per heavy atom. The molecule has 2 heterocycles. The average molecular weight is 296 g/mol. The maximum atomic E-state index is 12.5. The molecule has 1 fully saturated rings. The molecule has 0 saturated carbocycles. The number of aromatic nitrogens is 2. The lowest BCUT2D eigenvalue weighted by atomic mass is 9.96. The Hall–Kier alpha value is -1.16. The second kappa shape index (κ2) is 7.02. The molecule has 1 aliphatic rings. The molecule has 0 spiro atoms. The van der Waals surface area contributed by atoms with Crippen LogP contribution in [0, 0.1) is 12.8 Å². The summed E-state index contributed by atoms with van der Waals surface area (Å²) in [5.41, 5.74) is 0.341. The van der Waals surface area contributed by atoms with Gasteiger partial charge in [0, 0.05) is 13.1 Å². The van der Waals surface area contributed by atoms with E-state index in [1.54, 1.807) is 6.92 Å². The number of halogens is 1. The summed E-state index contributed by atoms with van der Waals surface area (Å²) >= 11 is 6.06. The van der Waals surface area contributed by atoms with Crippen LogP contribution in [0.3, 0.4) is 0 Å². The van der Waals surface area contributed by atoms with Crippen molar-refractivity contribution < 1.29 is 4.79 Å². The molecule has 0 aromatic carbocycles. The molecule has 1 aliphatic heterocycles. The van der Waals surface area contributed by atoms with E-state index in [1.807, 2.05) is 4.90 Å². The van der Waals surface area contributed by atoms with E-state index in [0.29, 0.717) is 16.5 Å². The normalized spacial score (nSPS) is 19.8. The van der Waals surface area contributed by atoms with Gasteiger partial charge in [0.1, 0.15) is 5.82 Å². The molecule has 20 heavy (non-hydrogen) atoms. The van der Waals surface area contributed by atoms with Gasteiger partial charge in [0.25, 0.3) is 5.91 Å². The van der Waals surface area contributed by atoms with Crippen LogP contribution in [0.2, 0.25) is 5.02 Å². The SMILES string of the molecule is CCC[C@H]1CCCN(C(=O)c2nc(C)ncc2Cl)CC1. The molecule has 5 heteroatoms. The molecule has 110 valence electrons. The van der Waals surface area contributed by atoms with Gasteiger partial charge < -0.3 is 4.90 Å². The second-order valence-corrected chi connectivity index (χ2v) is 5.90.